The molecule has 6 unspecified atom stereocenters. The van der Waals surface area contributed by atoms with Crippen LogP contribution in [0.3, 0.4) is 0 Å². The lowest BCUT2D eigenvalue weighted by Crippen LogP contribution is -2.46. The van der Waals surface area contributed by atoms with Crippen LogP contribution in [0.1, 0.15) is 112 Å². The molecule has 0 aromatic rings. The van der Waals surface area contributed by atoms with Crippen molar-refractivity contribution < 1.29 is 19.1 Å². The molecule has 5 heteroatoms. The predicted octanol–water partition coefficient (Wildman–Crippen LogP) is 6.70. The fourth-order valence-electron chi connectivity index (χ4n) is 8.95. The van der Waals surface area contributed by atoms with Crippen molar-refractivity contribution in [3.63, 3.8) is 0 Å². The number of hydrogen-bond acceptors (Lipinski definition) is 4. The molecule has 1 saturated heterocycles. The van der Waals surface area contributed by atoms with Gasteiger partial charge in [-0.25, -0.2) is 0 Å². The van der Waals surface area contributed by atoms with Crippen molar-refractivity contribution in [1.29, 1.82) is 0 Å². The lowest BCUT2D eigenvalue weighted by atomic mass is 9.45. The van der Waals surface area contributed by atoms with Gasteiger partial charge in [-0.15, -0.1) is 0 Å². The Morgan fingerprint density at radius 1 is 1.09 bits per heavy atom. The molecule has 9 atom stereocenters. The van der Waals surface area contributed by atoms with Crippen molar-refractivity contribution >= 4 is 19.6 Å². The summed E-state index contributed by atoms with van der Waals surface area (Å²) >= 11 is 0. The summed E-state index contributed by atoms with van der Waals surface area (Å²) in [6.07, 6.45) is 11.8. The molecule has 4 nitrogen and oxygen atoms in total. The summed E-state index contributed by atoms with van der Waals surface area (Å²) in [4.78, 5) is 23.9. The average Bonchev–Trinajstić information content (AvgIpc) is 3.26. The minimum Gasteiger partial charge on any atom is -0.463 e. The van der Waals surface area contributed by atoms with Crippen molar-refractivity contribution in [1.82, 2.24) is 0 Å². The third kappa shape index (κ3) is 5.01. The number of ether oxygens (including phenoxy) is 2. The van der Waals surface area contributed by atoms with E-state index in [1.807, 2.05) is 13.8 Å². The van der Waals surface area contributed by atoms with Crippen molar-refractivity contribution in [2.75, 3.05) is 6.61 Å². The normalized spacial score (nSPS) is 44.0. The average molecular weight is 485 g/mol. The molecule has 0 N–H and O–H groups in total. The second-order valence-electron chi connectivity index (χ2n) is 13.7. The van der Waals surface area contributed by atoms with Crippen LogP contribution in [-0.2, 0) is 19.1 Å². The van der Waals surface area contributed by atoms with E-state index in [1.165, 1.54) is 39.0 Å². The first-order chi connectivity index (χ1) is 16.4. The summed E-state index contributed by atoms with van der Waals surface area (Å²) in [6, 6.07) is 0. The number of ketones is 1. The van der Waals surface area contributed by atoms with Crippen LogP contribution in [0.25, 0.3) is 0 Å². The first-order valence-electron chi connectivity index (χ1n) is 14.5. The molecule has 2 radical (unpaired) electrons. The van der Waals surface area contributed by atoms with Gasteiger partial charge in [0.1, 0.15) is 11.9 Å². The van der Waals surface area contributed by atoms with Gasteiger partial charge in [-0.1, -0.05) is 47.5 Å². The van der Waals surface area contributed by atoms with Crippen molar-refractivity contribution in [3.05, 3.63) is 0 Å². The van der Waals surface area contributed by atoms with Gasteiger partial charge in [0.05, 0.1) is 20.6 Å². The second kappa shape index (κ2) is 10.1. The highest BCUT2D eigenvalue weighted by Gasteiger charge is 2.60. The zero-order valence-electron chi connectivity index (χ0n) is 23.2. The number of esters is 1. The molecular weight excluding hydrogens is 435 g/mol. The van der Waals surface area contributed by atoms with E-state index in [1.54, 1.807) is 0 Å². The minimum absolute atomic E-state index is 0.0397. The van der Waals surface area contributed by atoms with Gasteiger partial charge >= 0.3 is 5.97 Å². The van der Waals surface area contributed by atoms with E-state index in [2.05, 4.69) is 20.8 Å². The lowest BCUT2D eigenvalue weighted by molar-refractivity contribution is -0.150. The molecule has 0 bridgehead atoms. The fraction of sp³-hybridized carbons (Fsp3) is 0.933. The van der Waals surface area contributed by atoms with Gasteiger partial charge in [0.15, 0.2) is 0 Å². The third-order valence-corrected chi connectivity index (χ3v) is 11.3. The van der Waals surface area contributed by atoms with Gasteiger partial charge in [-0.05, 0) is 91.2 Å². The van der Waals surface area contributed by atoms with Gasteiger partial charge in [-0.2, -0.15) is 0 Å². The highest BCUT2D eigenvalue weighted by Crippen LogP contribution is 2.65. The Bertz CT molecular complexity index is 797. The first-order valence-corrected chi connectivity index (χ1v) is 14.5. The molecule has 3 saturated carbocycles. The molecule has 3 aliphatic carbocycles. The van der Waals surface area contributed by atoms with E-state index < -0.39 is 5.31 Å². The summed E-state index contributed by atoms with van der Waals surface area (Å²) < 4.78 is 12.1. The number of hydrogen-bond donors (Lipinski definition) is 0. The van der Waals surface area contributed by atoms with Crippen LogP contribution in [0.15, 0.2) is 0 Å². The Morgan fingerprint density at radius 3 is 2.51 bits per heavy atom. The van der Waals surface area contributed by atoms with E-state index >= 15 is 0 Å². The Morgan fingerprint density at radius 2 is 1.83 bits per heavy atom. The van der Waals surface area contributed by atoms with Crippen LogP contribution in [0, 0.1) is 40.4 Å². The number of carbonyl (C=O) groups is 2. The molecule has 1 heterocycles. The SMILES string of the molecule is [B]C12C[C@@H](OC(C)=O)CC[C@@]1(C)COC2CC1CCC[C@]2(C)C(C(C)CCC(=O)C(C)C)CCC12. The highest BCUT2D eigenvalue weighted by molar-refractivity contribution is 6.16. The summed E-state index contributed by atoms with van der Waals surface area (Å²) in [7, 11) is 7.22. The van der Waals surface area contributed by atoms with Crippen molar-refractivity contribution in [2.24, 2.45) is 40.4 Å². The number of fused-ring (bicyclic) bond motifs is 2. The van der Waals surface area contributed by atoms with E-state index in [9.17, 15) is 9.59 Å². The largest absolute Gasteiger partial charge is 0.463 e. The maximum absolute atomic E-state index is 12.3. The standard InChI is InChI=1S/C30H49BO4/c1-19(2)26(33)12-9-20(3)24-10-11-25-22(8-7-14-29(24,25)6)16-27-30(31)17-23(35-21(4)32)13-15-28(30,5)18-34-27/h19-20,22-25,27H,7-18H2,1-6H3/t20?,22?,23-,24?,25?,27?,28-,29+,30?/m0/s1. The second-order valence-corrected chi connectivity index (χ2v) is 13.7. The maximum Gasteiger partial charge on any atom is 0.302 e. The predicted molar refractivity (Wildman–Crippen MR) is 140 cm³/mol. The Labute approximate surface area is 215 Å². The molecule has 35 heavy (non-hydrogen) atoms. The Hall–Kier alpha value is -0.835. The van der Waals surface area contributed by atoms with Gasteiger partial charge in [0.2, 0.25) is 0 Å². The van der Waals surface area contributed by atoms with E-state index in [-0.39, 0.29) is 29.5 Å². The van der Waals surface area contributed by atoms with Crippen LogP contribution in [0.4, 0.5) is 0 Å². The Kier molecular flexibility index (Phi) is 7.88. The van der Waals surface area contributed by atoms with E-state index in [0.29, 0.717) is 35.4 Å². The van der Waals surface area contributed by atoms with Gasteiger partial charge in [0, 0.05) is 19.3 Å². The van der Waals surface area contributed by atoms with Crippen molar-refractivity contribution in [2.45, 2.75) is 130 Å². The quantitative estimate of drug-likeness (QED) is 0.284. The summed E-state index contributed by atoms with van der Waals surface area (Å²) in [5.41, 5.74) is 0.321. The highest BCUT2D eigenvalue weighted by atomic mass is 16.5. The van der Waals surface area contributed by atoms with Gasteiger partial charge in [-0.3, -0.25) is 9.59 Å². The number of Topliss-reactive ketones (excluding diaryl/α,β-unsaturated/α-hetero) is 1. The summed E-state index contributed by atoms with van der Waals surface area (Å²) in [5.74, 6) is 3.02. The van der Waals surface area contributed by atoms with E-state index in [0.717, 1.165) is 44.6 Å². The van der Waals surface area contributed by atoms with Crippen LogP contribution in [-0.4, -0.2) is 38.4 Å². The lowest BCUT2D eigenvalue weighted by Gasteiger charge is -2.51. The molecule has 0 aromatic heterocycles. The van der Waals surface area contributed by atoms with Crippen LogP contribution < -0.4 is 0 Å². The van der Waals surface area contributed by atoms with Crippen LogP contribution in [0.5, 0.6) is 0 Å². The number of carbonyl (C=O) groups excluding carboxylic acids is 2. The first kappa shape index (κ1) is 27.2. The molecule has 0 spiro atoms. The smallest absolute Gasteiger partial charge is 0.302 e. The van der Waals surface area contributed by atoms with Crippen LogP contribution in [0.2, 0.25) is 5.31 Å². The number of rotatable bonds is 8. The molecular formula is C30H49BO4. The van der Waals surface area contributed by atoms with Gasteiger partial charge < -0.3 is 9.47 Å². The minimum atomic E-state index is -0.429. The maximum atomic E-state index is 12.3. The summed E-state index contributed by atoms with van der Waals surface area (Å²) in [5, 5.41) is -0.429. The molecule has 0 aromatic carbocycles. The molecule has 4 rings (SSSR count). The molecule has 4 fully saturated rings. The van der Waals surface area contributed by atoms with Gasteiger partial charge in [0.25, 0.3) is 0 Å². The molecule has 196 valence electrons. The monoisotopic (exact) mass is 484 g/mol. The third-order valence-electron chi connectivity index (χ3n) is 11.3. The van der Waals surface area contributed by atoms with E-state index in [4.69, 9.17) is 17.3 Å². The van der Waals surface area contributed by atoms with Crippen LogP contribution >= 0.6 is 0 Å². The topological polar surface area (TPSA) is 52.6 Å². The zero-order valence-corrected chi connectivity index (χ0v) is 23.2. The Balaban J connectivity index is 1.44. The summed E-state index contributed by atoms with van der Waals surface area (Å²) in [6.45, 7) is 13.5. The zero-order chi connectivity index (χ0) is 25.6. The fourth-order valence-corrected chi connectivity index (χ4v) is 8.95. The molecule has 4 aliphatic rings. The molecule has 1 aliphatic heterocycles. The molecule has 0 amide bonds. The van der Waals surface area contributed by atoms with Crippen molar-refractivity contribution in [3.8, 4) is 0 Å².